The molecule has 9 heteroatoms. The van der Waals surface area contributed by atoms with E-state index in [1.807, 2.05) is 12.1 Å². The predicted octanol–water partition coefficient (Wildman–Crippen LogP) is 3.37. The van der Waals surface area contributed by atoms with E-state index < -0.39 is 15.7 Å². The maximum absolute atomic E-state index is 13.5. The summed E-state index contributed by atoms with van der Waals surface area (Å²) >= 11 is 0. The van der Waals surface area contributed by atoms with Gasteiger partial charge in [-0.1, -0.05) is 24.3 Å². The largest absolute Gasteiger partial charge is 0.383 e. The van der Waals surface area contributed by atoms with Crippen LogP contribution in [0.5, 0.6) is 0 Å². The molecule has 2 amide bonds. The number of amides is 2. The van der Waals surface area contributed by atoms with E-state index in [4.69, 9.17) is 4.74 Å². The van der Waals surface area contributed by atoms with Crippen LogP contribution < -0.4 is 5.32 Å². The lowest BCUT2D eigenvalue weighted by molar-refractivity contribution is 0.0981. The summed E-state index contributed by atoms with van der Waals surface area (Å²) in [5, 5.41) is 2.78. The third-order valence-electron chi connectivity index (χ3n) is 5.64. The van der Waals surface area contributed by atoms with Crippen molar-refractivity contribution in [1.82, 2.24) is 9.80 Å². The first kappa shape index (κ1) is 24.2. The van der Waals surface area contributed by atoms with Gasteiger partial charge in [0.25, 0.3) is 0 Å². The van der Waals surface area contributed by atoms with Gasteiger partial charge in [-0.2, -0.15) is 0 Å². The number of piperidine rings is 1. The van der Waals surface area contributed by atoms with E-state index in [0.29, 0.717) is 30.3 Å². The number of anilines is 1. The minimum Gasteiger partial charge on any atom is -0.383 e. The number of carbonyl (C=O) groups is 1. The lowest BCUT2D eigenvalue weighted by Gasteiger charge is -2.38. The van der Waals surface area contributed by atoms with Crippen molar-refractivity contribution < 1.29 is 22.3 Å². The van der Waals surface area contributed by atoms with Crippen LogP contribution in [0.1, 0.15) is 18.4 Å². The lowest BCUT2D eigenvalue weighted by Crippen LogP contribution is -2.49. The van der Waals surface area contributed by atoms with Crippen LogP contribution in [-0.2, 0) is 21.1 Å². The molecule has 1 aliphatic heterocycles. The number of rotatable bonds is 8. The van der Waals surface area contributed by atoms with Crippen molar-refractivity contribution in [2.45, 2.75) is 30.3 Å². The molecule has 1 heterocycles. The van der Waals surface area contributed by atoms with Crippen LogP contribution in [0.15, 0.2) is 53.4 Å². The molecule has 0 atom stereocenters. The number of sulfone groups is 1. The second kappa shape index (κ2) is 10.9. The van der Waals surface area contributed by atoms with Crippen LogP contribution in [0.4, 0.5) is 14.9 Å². The number of nitrogens with one attached hydrogen (secondary N) is 1. The molecule has 0 bridgehead atoms. The Bertz CT molecular complexity index is 1020. The molecule has 1 saturated heterocycles. The van der Waals surface area contributed by atoms with Gasteiger partial charge in [0.2, 0.25) is 0 Å². The molecule has 2 aromatic carbocycles. The topological polar surface area (TPSA) is 79.0 Å². The van der Waals surface area contributed by atoms with Crippen molar-refractivity contribution in [1.29, 1.82) is 0 Å². The van der Waals surface area contributed by atoms with Gasteiger partial charge in [0.15, 0.2) is 9.84 Å². The fourth-order valence-electron chi connectivity index (χ4n) is 4.03. The summed E-state index contributed by atoms with van der Waals surface area (Å²) in [7, 11) is -1.70. The van der Waals surface area contributed by atoms with E-state index >= 15 is 0 Å². The molecule has 0 unspecified atom stereocenters. The van der Waals surface area contributed by atoms with E-state index in [2.05, 4.69) is 10.2 Å². The number of urea groups is 1. The Kier molecular flexibility index (Phi) is 8.22. The molecule has 1 fully saturated rings. The third kappa shape index (κ3) is 6.51. The molecule has 32 heavy (non-hydrogen) atoms. The van der Waals surface area contributed by atoms with Crippen molar-refractivity contribution in [3.05, 3.63) is 59.9 Å². The quantitative estimate of drug-likeness (QED) is 0.649. The van der Waals surface area contributed by atoms with E-state index in [0.717, 1.165) is 31.5 Å². The Labute approximate surface area is 189 Å². The molecule has 1 aliphatic rings. The van der Waals surface area contributed by atoms with Crippen LogP contribution in [0.2, 0.25) is 0 Å². The standard InChI is InChI=1S/C23H30FN3O4S/c1-31-15-14-27(23(28)25-20-8-5-7-19(24)16-20)21-10-12-26(13-11-21)17-18-6-3-4-9-22(18)32(2,29)30/h3-9,16,21H,10-15,17H2,1-2H3,(H,25,28). The predicted molar refractivity (Wildman–Crippen MR) is 122 cm³/mol. The first-order chi connectivity index (χ1) is 15.3. The van der Waals surface area contributed by atoms with Gasteiger partial charge in [-0.25, -0.2) is 17.6 Å². The molecule has 174 valence electrons. The molecule has 1 N–H and O–H groups in total. The number of nitrogens with zero attached hydrogens (tertiary/aromatic N) is 2. The Hall–Kier alpha value is -2.49. The van der Waals surface area contributed by atoms with Crippen molar-refractivity contribution in [2.24, 2.45) is 0 Å². The first-order valence-electron chi connectivity index (χ1n) is 10.6. The van der Waals surface area contributed by atoms with Gasteiger partial charge in [0.05, 0.1) is 11.5 Å². The van der Waals surface area contributed by atoms with Crippen molar-refractivity contribution in [2.75, 3.05) is 44.9 Å². The molecule has 0 spiro atoms. The molecule has 0 radical (unpaired) electrons. The molecule has 0 aliphatic carbocycles. The van der Waals surface area contributed by atoms with Crippen molar-refractivity contribution in [3.8, 4) is 0 Å². The van der Waals surface area contributed by atoms with E-state index in [1.54, 1.807) is 36.3 Å². The van der Waals surface area contributed by atoms with Crippen molar-refractivity contribution in [3.63, 3.8) is 0 Å². The zero-order chi connectivity index (χ0) is 23.1. The monoisotopic (exact) mass is 463 g/mol. The van der Waals surface area contributed by atoms with Gasteiger partial charge in [-0.3, -0.25) is 4.90 Å². The molecule has 0 aromatic heterocycles. The molecule has 7 nitrogen and oxygen atoms in total. The average molecular weight is 464 g/mol. The number of hydrogen-bond acceptors (Lipinski definition) is 5. The lowest BCUT2D eigenvalue weighted by atomic mass is 10.0. The Morgan fingerprint density at radius 3 is 2.56 bits per heavy atom. The van der Waals surface area contributed by atoms with Gasteiger partial charge in [0.1, 0.15) is 5.82 Å². The minimum atomic E-state index is -3.29. The molecular weight excluding hydrogens is 433 g/mol. The summed E-state index contributed by atoms with van der Waals surface area (Å²) in [5.74, 6) is -0.408. The smallest absolute Gasteiger partial charge is 0.322 e. The second-order valence-corrected chi connectivity index (χ2v) is 10.00. The third-order valence-corrected chi connectivity index (χ3v) is 6.83. The van der Waals surface area contributed by atoms with Crippen LogP contribution in [0.3, 0.4) is 0 Å². The van der Waals surface area contributed by atoms with Gasteiger partial charge in [-0.15, -0.1) is 0 Å². The molecule has 2 aromatic rings. The van der Waals surface area contributed by atoms with E-state index in [1.165, 1.54) is 18.4 Å². The summed E-state index contributed by atoms with van der Waals surface area (Å²) in [6.07, 6.45) is 2.73. The van der Waals surface area contributed by atoms with Gasteiger partial charge < -0.3 is 15.0 Å². The van der Waals surface area contributed by atoms with E-state index in [-0.39, 0.29) is 12.1 Å². The van der Waals surface area contributed by atoms with Crippen LogP contribution in [-0.4, -0.2) is 69.9 Å². The highest BCUT2D eigenvalue weighted by molar-refractivity contribution is 7.90. The van der Waals surface area contributed by atoms with Crippen molar-refractivity contribution >= 4 is 21.6 Å². The summed E-state index contributed by atoms with van der Waals surface area (Å²) in [6.45, 7) is 2.85. The van der Waals surface area contributed by atoms with Crippen LogP contribution in [0, 0.1) is 5.82 Å². The molecule has 0 saturated carbocycles. The van der Waals surface area contributed by atoms with Gasteiger partial charge in [-0.05, 0) is 42.7 Å². The van der Waals surface area contributed by atoms with Crippen LogP contribution in [0.25, 0.3) is 0 Å². The highest BCUT2D eigenvalue weighted by atomic mass is 32.2. The number of methoxy groups -OCH3 is 1. The second-order valence-electron chi connectivity index (χ2n) is 8.01. The number of hydrogen-bond donors (Lipinski definition) is 1. The normalized spacial score (nSPS) is 15.5. The highest BCUT2D eigenvalue weighted by Gasteiger charge is 2.28. The molecule has 3 rings (SSSR count). The SMILES string of the molecule is COCCN(C(=O)Nc1cccc(F)c1)C1CCN(Cc2ccccc2S(C)(=O)=O)CC1. The maximum atomic E-state index is 13.5. The number of halogens is 1. The summed E-state index contributed by atoms with van der Waals surface area (Å²) in [6, 6.07) is 12.6. The zero-order valence-corrected chi connectivity index (χ0v) is 19.3. The van der Waals surface area contributed by atoms with Gasteiger partial charge >= 0.3 is 6.03 Å². The zero-order valence-electron chi connectivity index (χ0n) is 18.5. The molecular formula is C23H30FN3O4S. The summed E-state index contributed by atoms with van der Waals surface area (Å²) in [4.78, 5) is 17.2. The maximum Gasteiger partial charge on any atom is 0.322 e. The number of benzene rings is 2. The highest BCUT2D eigenvalue weighted by Crippen LogP contribution is 2.23. The number of carbonyl (C=O) groups excluding carboxylic acids is 1. The summed E-state index contributed by atoms with van der Waals surface area (Å²) < 4.78 is 42.8. The van der Waals surface area contributed by atoms with Crippen LogP contribution >= 0.6 is 0 Å². The number of likely N-dealkylation sites (tertiary alicyclic amines) is 1. The van der Waals surface area contributed by atoms with Gasteiger partial charge in [0, 0.05) is 51.3 Å². The number of ether oxygens (including phenoxy) is 1. The fourth-order valence-corrected chi connectivity index (χ4v) is 4.96. The minimum absolute atomic E-state index is 0.0140. The Balaban J connectivity index is 1.63. The Morgan fingerprint density at radius 1 is 1.19 bits per heavy atom. The average Bonchev–Trinajstić information content (AvgIpc) is 2.75. The fraction of sp³-hybridized carbons (Fsp3) is 0.435. The summed E-state index contributed by atoms with van der Waals surface area (Å²) in [5.41, 5.74) is 1.20. The van der Waals surface area contributed by atoms with E-state index in [9.17, 15) is 17.6 Å². The first-order valence-corrected chi connectivity index (χ1v) is 12.5. The Morgan fingerprint density at radius 2 is 1.91 bits per heavy atom.